The lowest BCUT2D eigenvalue weighted by Gasteiger charge is -2.27. The summed E-state index contributed by atoms with van der Waals surface area (Å²) in [5, 5.41) is 4.67. The zero-order chi connectivity index (χ0) is 36.0. The van der Waals surface area contributed by atoms with Crippen molar-refractivity contribution in [1.82, 2.24) is 4.57 Å². The number of anilines is 3. The van der Waals surface area contributed by atoms with E-state index >= 15 is 0 Å². The molecule has 0 amide bonds. The van der Waals surface area contributed by atoms with E-state index in [4.69, 9.17) is 4.42 Å². The maximum atomic E-state index is 6.79. The third-order valence-electron chi connectivity index (χ3n) is 11.6. The molecule has 0 fully saturated rings. The largest absolute Gasteiger partial charge is 0.456 e. The van der Waals surface area contributed by atoms with Gasteiger partial charge in [-0.25, -0.2) is 0 Å². The van der Waals surface area contributed by atoms with Gasteiger partial charge in [0.05, 0.1) is 16.7 Å². The summed E-state index contributed by atoms with van der Waals surface area (Å²) in [7, 11) is 0. The molecule has 1 aliphatic carbocycles. The van der Waals surface area contributed by atoms with Crippen molar-refractivity contribution in [2.75, 3.05) is 4.90 Å². The van der Waals surface area contributed by atoms with Gasteiger partial charge in [0.15, 0.2) is 0 Å². The van der Waals surface area contributed by atoms with Crippen molar-refractivity contribution in [1.29, 1.82) is 0 Å². The number of nitrogens with zero attached hydrogens (tertiary/aromatic N) is 2. The third kappa shape index (κ3) is 4.36. The van der Waals surface area contributed by atoms with Crippen LogP contribution in [0, 0.1) is 0 Å². The standard InChI is InChI=1S/C51H36N2O/c1-51(2)41-26-14-12-23-37(41)38-30-29-33(31-42(38)51)47-48-40-25-16-27-43(52(34-17-6-3-7-18-34)35-19-8-4-9-20-35)50(40)53(36-21-10-5-11-22-36)44(48)32-46-49(47)39-24-13-15-28-45(39)54-46/h3-32H,1-2H3. The molecule has 0 bridgehead atoms. The zero-order valence-corrected chi connectivity index (χ0v) is 30.1. The highest BCUT2D eigenvalue weighted by atomic mass is 16.3. The van der Waals surface area contributed by atoms with E-state index in [1.54, 1.807) is 0 Å². The van der Waals surface area contributed by atoms with Crippen molar-refractivity contribution < 1.29 is 4.42 Å². The summed E-state index contributed by atoms with van der Waals surface area (Å²) in [5.41, 5.74) is 16.0. The van der Waals surface area contributed by atoms with Crippen LogP contribution in [0.2, 0.25) is 0 Å². The molecule has 0 N–H and O–H groups in total. The fourth-order valence-corrected chi connectivity index (χ4v) is 9.17. The minimum absolute atomic E-state index is 0.134. The Labute approximate surface area is 314 Å². The van der Waals surface area contributed by atoms with Crippen LogP contribution in [-0.2, 0) is 5.41 Å². The minimum Gasteiger partial charge on any atom is -0.456 e. The van der Waals surface area contributed by atoms with Gasteiger partial charge in [0.1, 0.15) is 11.2 Å². The highest BCUT2D eigenvalue weighted by Crippen LogP contribution is 2.53. The van der Waals surface area contributed by atoms with Crippen LogP contribution in [0.15, 0.2) is 186 Å². The first kappa shape index (κ1) is 30.8. The molecule has 8 aromatic carbocycles. The molecule has 10 aromatic rings. The van der Waals surface area contributed by atoms with Crippen LogP contribution in [0.4, 0.5) is 17.1 Å². The molecule has 0 unspecified atom stereocenters. The molecule has 54 heavy (non-hydrogen) atoms. The lowest BCUT2D eigenvalue weighted by Crippen LogP contribution is -2.14. The van der Waals surface area contributed by atoms with Gasteiger partial charge < -0.3 is 13.9 Å². The van der Waals surface area contributed by atoms with Gasteiger partial charge in [-0.1, -0.05) is 135 Å². The molecule has 3 nitrogen and oxygen atoms in total. The maximum absolute atomic E-state index is 6.79. The van der Waals surface area contributed by atoms with E-state index in [-0.39, 0.29) is 5.41 Å². The molecule has 0 aliphatic heterocycles. The number of hydrogen-bond donors (Lipinski definition) is 0. The number of aromatic nitrogens is 1. The monoisotopic (exact) mass is 692 g/mol. The van der Waals surface area contributed by atoms with Crippen molar-refractivity contribution in [2.24, 2.45) is 0 Å². The number of hydrogen-bond acceptors (Lipinski definition) is 2. The Kier molecular flexibility index (Phi) is 6.60. The average molecular weight is 693 g/mol. The fraction of sp³-hybridized carbons (Fsp3) is 0.0588. The van der Waals surface area contributed by atoms with E-state index in [0.29, 0.717) is 0 Å². The number of rotatable bonds is 5. The van der Waals surface area contributed by atoms with Gasteiger partial charge in [-0.2, -0.15) is 0 Å². The van der Waals surface area contributed by atoms with Crippen LogP contribution in [0.3, 0.4) is 0 Å². The SMILES string of the molecule is CC1(C)c2ccccc2-c2ccc(-c3c4c(cc5c3c3cccc(N(c6ccccc6)c6ccccc6)c3n5-c3ccccc3)oc3ccccc34)cc21. The summed E-state index contributed by atoms with van der Waals surface area (Å²) in [5.74, 6) is 0. The molecule has 1 aliphatic rings. The molecule has 256 valence electrons. The van der Waals surface area contributed by atoms with Crippen molar-refractivity contribution in [3.63, 3.8) is 0 Å². The smallest absolute Gasteiger partial charge is 0.138 e. The molecule has 0 radical (unpaired) electrons. The van der Waals surface area contributed by atoms with Gasteiger partial charge in [0, 0.05) is 55.7 Å². The summed E-state index contributed by atoms with van der Waals surface area (Å²) < 4.78 is 9.23. The normalized spacial score (nSPS) is 13.1. The molecule has 0 spiro atoms. The Morgan fingerprint density at radius 1 is 0.500 bits per heavy atom. The van der Waals surface area contributed by atoms with Crippen LogP contribution in [0.25, 0.3) is 71.7 Å². The molecule has 0 saturated heterocycles. The number of fused-ring (bicyclic) bond motifs is 9. The van der Waals surface area contributed by atoms with E-state index in [1.807, 2.05) is 0 Å². The minimum atomic E-state index is -0.134. The van der Waals surface area contributed by atoms with E-state index < -0.39 is 0 Å². The van der Waals surface area contributed by atoms with Gasteiger partial charge in [-0.05, 0) is 82.4 Å². The Morgan fingerprint density at radius 2 is 1.13 bits per heavy atom. The number of para-hydroxylation sites is 5. The quantitative estimate of drug-likeness (QED) is 0.179. The van der Waals surface area contributed by atoms with E-state index in [0.717, 1.165) is 55.7 Å². The van der Waals surface area contributed by atoms with E-state index in [9.17, 15) is 0 Å². The molecule has 3 heteroatoms. The fourth-order valence-electron chi connectivity index (χ4n) is 9.17. The second-order valence-corrected chi connectivity index (χ2v) is 14.9. The highest BCUT2D eigenvalue weighted by molar-refractivity contribution is 6.28. The van der Waals surface area contributed by atoms with Crippen LogP contribution in [-0.4, -0.2) is 4.57 Å². The molecular weight excluding hydrogens is 657 g/mol. The predicted octanol–water partition coefficient (Wildman–Crippen LogP) is 14.1. The molecule has 11 rings (SSSR count). The number of benzene rings is 8. The summed E-state index contributed by atoms with van der Waals surface area (Å²) in [6.45, 7) is 4.72. The van der Waals surface area contributed by atoms with Crippen LogP contribution in [0.5, 0.6) is 0 Å². The molecule has 2 heterocycles. The second-order valence-electron chi connectivity index (χ2n) is 14.9. The van der Waals surface area contributed by atoms with Gasteiger partial charge in [-0.3, -0.25) is 0 Å². The van der Waals surface area contributed by atoms with Gasteiger partial charge >= 0.3 is 0 Å². The average Bonchev–Trinajstić information content (AvgIpc) is 3.84. The van der Waals surface area contributed by atoms with E-state index in [2.05, 4.69) is 205 Å². The van der Waals surface area contributed by atoms with Crippen molar-refractivity contribution in [2.45, 2.75) is 19.3 Å². The highest BCUT2D eigenvalue weighted by Gasteiger charge is 2.36. The zero-order valence-electron chi connectivity index (χ0n) is 30.1. The van der Waals surface area contributed by atoms with Crippen LogP contribution < -0.4 is 4.90 Å². The summed E-state index contributed by atoms with van der Waals surface area (Å²) >= 11 is 0. The molecular formula is C51H36N2O. The summed E-state index contributed by atoms with van der Waals surface area (Å²) in [6, 6.07) is 65.7. The Hall–Kier alpha value is -6.84. The predicted molar refractivity (Wildman–Crippen MR) is 226 cm³/mol. The van der Waals surface area contributed by atoms with Crippen LogP contribution >= 0.6 is 0 Å². The first-order chi connectivity index (χ1) is 26.6. The third-order valence-corrected chi connectivity index (χ3v) is 11.6. The molecule has 0 atom stereocenters. The van der Waals surface area contributed by atoms with Gasteiger partial charge in [0.2, 0.25) is 0 Å². The Bertz CT molecular complexity index is 3020. The molecule has 2 aromatic heterocycles. The molecule has 0 saturated carbocycles. The summed E-state index contributed by atoms with van der Waals surface area (Å²) in [6.07, 6.45) is 0. The first-order valence-corrected chi connectivity index (χ1v) is 18.7. The van der Waals surface area contributed by atoms with Gasteiger partial charge in [0.25, 0.3) is 0 Å². The van der Waals surface area contributed by atoms with Gasteiger partial charge in [-0.15, -0.1) is 0 Å². The Balaban J connectivity index is 1.32. The van der Waals surface area contributed by atoms with Crippen molar-refractivity contribution in [3.8, 4) is 27.9 Å². The summed E-state index contributed by atoms with van der Waals surface area (Å²) in [4.78, 5) is 2.38. The lowest BCUT2D eigenvalue weighted by molar-refractivity contribution is 0.660. The van der Waals surface area contributed by atoms with E-state index in [1.165, 1.54) is 44.2 Å². The maximum Gasteiger partial charge on any atom is 0.138 e. The van der Waals surface area contributed by atoms with Crippen molar-refractivity contribution in [3.05, 3.63) is 193 Å². The first-order valence-electron chi connectivity index (χ1n) is 18.7. The van der Waals surface area contributed by atoms with Crippen molar-refractivity contribution >= 4 is 60.8 Å². The Morgan fingerprint density at radius 3 is 1.89 bits per heavy atom. The second kappa shape index (κ2) is 11.6. The number of furan rings is 1. The lowest BCUT2D eigenvalue weighted by atomic mass is 9.81. The van der Waals surface area contributed by atoms with Crippen LogP contribution in [0.1, 0.15) is 25.0 Å². The topological polar surface area (TPSA) is 21.3 Å².